The van der Waals surface area contributed by atoms with E-state index < -0.39 is 5.97 Å². The van der Waals surface area contributed by atoms with E-state index in [0.29, 0.717) is 46.5 Å². The molecule has 1 heterocycles. The zero-order valence-corrected chi connectivity index (χ0v) is 14.6. The number of hydrogen-bond donors (Lipinski definition) is 5. The molecule has 7 nitrogen and oxygen atoms in total. The van der Waals surface area contributed by atoms with Crippen molar-refractivity contribution in [1.29, 1.82) is 0 Å². The molecule has 0 fully saturated rings. The smallest absolute Gasteiger partial charge is 0.356 e. The van der Waals surface area contributed by atoms with Gasteiger partial charge in [-0.3, -0.25) is 0 Å². The largest absolute Gasteiger partial charge is 0.464 e. The number of aromatic amines is 1. The number of methoxy groups -OCH3 is 1. The topological polar surface area (TPSA) is 129 Å². The van der Waals surface area contributed by atoms with Gasteiger partial charge in [0, 0.05) is 17.7 Å². The van der Waals surface area contributed by atoms with Crippen LogP contribution in [-0.2, 0) is 31.0 Å². The molecule has 0 amide bonds. The van der Waals surface area contributed by atoms with Crippen LogP contribution in [0.4, 0.5) is 0 Å². The maximum atomic E-state index is 11.9. The predicted molar refractivity (Wildman–Crippen MR) is 93.1 cm³/mol. The van der Waals surface area contributed by atoms with E-state index in [4.69, 9.17) is 22.1 Å². The minimum atomic E-state index is -0.616. The third kappa shape index (κ3) is 3.56. The molecule has 1 aromatic carbocycles. The summed E-state index contributed by atoms with van der Waals surface area (Å²) in [6.45, 7) is -0.665. The predicted octanol–water partition coefficient (Wildman–Crippen LogP) is 1.10. The lowest BCUT2D eigenvalue weighted by molar-refractivity contribution is 0.0595. The van der Waals surface area contributed by atoms with Crippen molar-refractivity contribution in [2.75, 3.05) is 13.7 Å². The second-order valence-electron chi connectivity index (χ2n) is 5.40. The van der Waals surface area contributed by atoms with E-state index in [0.717, 1.165) is 0 Å². The Hall–Kier alpha value is -1.90. The van der Waals surface area contributed by atoms with E-state index in [1.165, 1.54) is 7.11 Å². The van der Waals surface area contributed by atoms with E-state index in [-0.39, 0.29) is 30.5 Å². The fraction of sp³-hybridized carbons (Fsp3) is 0.353. The second-order valence-corrected chi connectivity index (χ2v) is 5.78. The molecule has 0 saturated heterocycles. The van der Waals surface area contributed by atoms with Crippen LogP contribution in [0.5, 0.6) is 0 Å². The SMILES string of the molecule is COC(=O)c1[nH]c(CCN)c(-c2ccc(CO)c(CO)c2CO)c1Cl. The summed E-state index contributed by atoms with van der Waals surface area (Å²) < 4.78 is 4.73. The Morgan fingerprint density at radius 1 is 1.20 bits per heavy atom. The first-order valence-electron chi connectivity index (χ1n) is 7.69. The van der Waals surface area contributed by atoms with Crippen molar-refractivity contribution in [3.8, 4) is 11.1 Å². The molecular formula is C17H21ClN2O5. The number of nitrogens with two attached hydrogens (primary N) is 1. The molecule has 0 bridgehead atoms. The summed E-state index contributed by atoms with van der Waals surface area (Å²) in [5.74, 6) is -0.616. The Balaban J connectivity index is 2.77. The quantitative estimate of drug-likeness (QED) is 0.465. The van der Waals surface area contributed by atoms with Gasteiger partial charge >= 0.3 is 5.97 Å². The number of esters is 1. The van der Waals surface area contributed by atoms with Crippen molar-refractivity contribution < 1.29 is 24.9 Å². The summed E-state index contributed by atoms with van der Waals surface area (Å²) in [6, 6.07) is 3.33. The van der Waals surface area contributed by atoms with Crippen LogP contribution in [0.3, 0.4) is 0 Å². The van der Waals surface area contributed by atoms with Crippen LogP contribution >= 0.6 is 11.6 Å². The maximum Gasteiger partial charge on any atom is 0.356 e. The van der Waals surface area contributed by atoms with Gasteiger partial charge < -0.3 is 30.8 Å². The van der Waals surface area contributed by atoms with Gasteiger partial charge in [-0.1, -0.05) is 23.7 Å². The van der Waals surface area contributed by atoms with Gasteiger partial charge in [0.15, 0.2) is 0 Å². The van der Waals surface area contributed by atoms with Gasteiger partial charge in [0.1, 0.15) is 5.69 Å². The third-order valence-electron chi connectivity index (χ3n) is 4.08. The van der Waals surface area contributed by atoms with Crippen molar-refractivity contribution in [2.24, 2.45) is 5.73 Å². The number of rotatable bonds is 7. The summed E-state index contributed by atoms with van der Waals surface area (Å²) in [5, 5.41) is 29.1. The molecule has 2 rings (SSSR count). The lowest BCUT2D eigenvalue weighted by Crippen LogP contribution is -2.07. The molecule has 0 aliphatic carbocycles. The lowest BCUT2D eigenvalue weighted by Gasteiger charge is -2.16. The number of aromatic nitrogens is 1. The Bertz CT molecular complexity index is 773. The van der Waals surface area contributed by atoms with E-state index in [2.05, 4.69) is 4.98 Å². The molecule has 0 spiro atoms. The van der Waals surface area contributed by atoms with Crippen LogP contribution < -0.4 is 5.73 Å². The van der Waals surface area contributed by atoms with Crippen molar-refractivity contribution >= 4 is 17.6 Å². The Labute approximate surface area is 150 Å². The number of carbonyl (C=O) groups is 1. The van der Waals surface area contributed by atoms with Gasteiger partial charge in [-0.05, 0) is 28.8 Å². The van der Waals surface area contributed by atoms with Crippen LogP contribution in [0.25, 0.3) is 11.1 Å². The zero-order chi connectivity index (χ0) is 18.6. The third-order valence-corrected chi connectivity index (χ3v) is 4.46. The van der Waals surface area contributed by atoms with Crippen LogP contribution in [0, 0.1) is 0 Å². The molecule has 8 heteroatoms. The molecule has 136 valence electrons. The van der Waals surface area contributed by atoms with Gasteiger partial charge in [0.25, 0.3) is 0 Å². The van der Waals surface area contributed by atoms with E-state index in [1.807, 2.05) is 0 Å². The highest BCUT2D eigenvalue weighted by Crippen LogP contribution is 2.38. The van der Waals surface area contributed by atoms with Crippen molar-refractivity contribution in [2.45, 2.75) is 26.2 Å². The average molecular weight is 369 g/mol. The molecule has 0 atom stereocenters. The van der Waals surface area contributed by atoms with E-state index >= 15 is 0 Å². The van der Waals surface area contributed by atoms with Crippen LogP contribution in [-0.4, -0.2) is 39.9 Å². The molecule has 1 aromatic heterocycles. The summed E-state index contributed by atoms with van der Waals surface area (Å²) >= 11 is 6.41. The standard InChI is InChI=1S/C17H21ClN2O5/c1-25-17(24)16-15(18)14(13(20-16)4-5-19)10-3-2-9(6-21)11(7-22)12(10)8-23/h2-3,20-23H,4-8,19H2,1H3. The highest BCUT2D eigenvalue weighted by molar-refractivity contribution is 6.36. The number of hydrogen-bond acceptors (Lipinski definition) is 6. The number of aliphatic hydroxyl groups excluding tert-OH is 3. The Kier molecular flexibility index (Phi) is 6.57. The summed E-state index contributed by atoms with van der Waals surface area (Å²) in [4.78, 5) is 14.9. The normalized spacial score (nSPS) is 11.0. The molecule has 25 heavy (non-hydrogen) atoms. The van der Waals surface area contributed by atoms with Crippen molar-refractivity contribution in [1.82, 2.24) is 4.98 Å². The number of benzene rings is 1. The first-order valence-corrected chi connectivity index (χ1v) is 8.07. The van der Waals surface area contributed by atoms with E-state index in [1.54, 1.807) is 12.1 Å². The van der Waals surface area contributed by atoms with Crippen LogP contribution in [0.1, 0.15) is 32.9 Å². The van der Waals surface area contributed by atoms with Crippen molar-refractivity contribution in [3.63, 3.8) is 0 Å². The number of aliphatic hydroxyl groups is 3. The summed E-state index contributed by atoms with van der Waals surface area (Å²) in [6.07, 6.45) is 0.424. The fourth-order valence-corrected chi connectivity index (χ4v) is 3.22. The molecule has 0 unspecified atom stereocenters. The molecular weight excluding hydrogens is 348 g/mol. The van der Waals surface area contributed by atoms with Gasteiger partial charge in [-0.25, -0.2) is 4.79 Å². The lowest BCUT2D eigenvalue weighted by atomic mass is 9.92. The number of nitrogens with one attached hydrogen (secondary N) is 1. The molecule has 2 aromatic rings. The highest BCUT2D eigenvalue weighted by atomic mass is 35.5. The molecule has 0 aliphatic heterocycles. The second kappa shape index (κ2) is 8.46. The molecule has 0 radical (unpaired) electrons. The number of ether oxygens (including phenoxy) is 1. The Morgan fingerprint density at radius 3 is 2.40 bits per heavy atom. The van der Waals surface area contributed by atoms with Crippen LogP contribution in [0.2, 0.25) is 5.02 Å². The van der Waals surface area contributed by atoms with Gasteiger partial charge in [-0.2, -0.15) is 0 Å². The van der Waals surface area contributed by atoms with E-state index in [9.17, 15) is 20.1 Å². The maximum absolute atomic E-state index is 11.9. The van der Waals surface area contributed by atoms with Gasteiger partial charge in [-0.15, -0.1) is 0 Å². The number of halogens is 1. The van der Waals surface area contributed by atoms with Gasteiger partial charge in [0.05, 0.1) is 32.0 Å². The summed E-state index contributed by atoms with van der Waals surface area (Å²) in [7, 11) is 1.25. The minimum Gasteiger partial charge on any atom is -0.464 e. The minimum absolute atomic E-state index is 0.100. The molecule has 6 N–H and O–H groups in total. The zero-order valence-electron chi connectivity index (χ0n) is 13.8. The first kappa shape index (κ1) is 19.4. The number of H-pyrrole nitrogens is 1. The van der Waals surface area contributed by atoms with Gasteiger partial charge in [0.2, 0.25) is 0 Å². The Morgan fingerprint density at radius 2 is 1.88 bits per heavy atom. The monoisotopic (exact) mass is 368 g/mol. The first-order chi connectivity index (χ1) is 12.0. The van der Waals surface area contributed by atoms with Crippen LogP contribution in [0.15, 0.2) is 12.1 Å². The van der Waals surface area contributed by atoms with Crippen molar-refractivity contribution in [3.05, 3.63) is 45.2 Å². The highest BCUT2D eigenvalue weighted by Gasteiger charge is 2.25. The summed E-state index contributed by atoms with van der Waals surface area (Å²) in [5.41, 5.74) is 8.83. The average Bonchev–Trinajstić information content (AvgIpc) is 2.95. The fourth-order valence-electron chi connectivity index (χ4n) is 2.88. The number of carbonyl (C=O) groups excluding carboxylic acids is 1. The molecule has 0 aliphatic rings. The molecule has 0 saturated carbocycles.